The van der Waals surface area contributed by atoms with E-state index in [2.05, 4.69) is 17.0 Å². The van der Waals surface area contributed by atoms with Gasteiger partial charge in [-0.3, -0.25) is 4.90 Å². The van der Waals surface area contributed by atoms with E-state index in [9.17, 15) is 13.5 Å². The van der Waals surface area contributed by atoms with Gasteiger partial charge in [0.2, 0.25) is 10.0 Å². The zero-order valence-corrected chi connectivity index (χ0v) is 15.2. The van der Waals surface area contributed by atoms with Crippen LogP contribution in [0.3, 0.4) is 0 Å². The fraction of sp³-hybridized carbons (Fsp3) is 0.368. The third-order valence-electron chi connectivity index (χ3n) is 4.58. The Kier molecular flexibility index (Phi) is 5.54. The SMILES string of the molecule is CC(O)c1ccc(S(=O)(=O)N2CCN(Cc3ccccc3)CC2)cc1. The van der Waals surface area contributed by atoms with Crippen molar-refractivity contribution in [1.29, 1.82) is 0 Å². The van der Waals surface area contributed by atoms with E-state index in [4.69, 9.17) is 0 Å². The average Bonchev–Trinajstić information content (AvgIpc) is 2.63. The lowest BCUT2D eigenvalue weighted by atomic mass is 10.1. The highest BCUT2D eigenvalue weighted by atomic mass is 32.2. The molecule has 0 spiro atoms. The Bertz CT molecular complexity index is 781. The van der Waals surface area contributed by atoms with Gasteiger partial charge in [-0.2, -0.15) is 4.31 Å². The van der Waals surface area contributed by atoms with Crippen molar-refractivity contribution in [2.24, 2.45) is 0 Å². The summed E-state index contributed by atoms with van der Waals surface area (Å²) in [6, 6.07) is 16.7. The second kappa shape index (κ2) is 7.66. The van der Waals surface area contributed by atoms with Crippen LogP contribution in [0.15, 0.2) is 59.5 Å². The molecule has 0 amide bonds. The Morgan fingerprint density at radius 1 is 0.960 bits per heavy atom. The lowest BCUT2D eigenvalue weighted by Gasteiger charge is -2.34. The molecule has 5 nitrogen and oxygen atoms in total. The molecular weight excluding hydrogens is 336 g/mol. The number of piperazine rings is 1. The summed E-state index contributed by atoms with van der Waals surface area (Å²) in [7, 11) is -3.48. The van der Waals surface area contributed by atoms with E-state index in [-0.39, 0.29) is 4.90 Å². The van der Waals surface area contributed by atoms with Crippen LogP contribution in [0.4, 0.5) is 0 Å². The molecule has 3 rings (SSSR count). The third kappa shape index (κ3) is 4.27. The van der Waals surface area contributed by atoms with Crippen LogP contribution < -0.4 is 0 Å². The topological polar surface area (TPSA) is 60.9 Å². The summed E-state index contributed by atoms with van der Waals surface area (Å²) in [5, 5.41) is 9.55. The maximum atomic E-state index is 12.8. The van der Waals surface area contributed by atoms with Gasteiger partial charge in [-0.25, -0.2) is 8.42 Å². The van der Waals surface area contributed by atoms with Crippen molar-refractivity contribution < 1.29 is 13.5 Å². The van der Waals surface area contributed by atoms with Gasteiger partial charge in [-0.05, 0) is 30.2 Å². The van der Waals surface area contributed by atoms with Crippen molar-refractivity contribution >= 4 is 10.0 Å². The van der Waals surface area contributed by atoms with Gasteiger partial charge in [0.1, 0.15) is 0 Å². The van der Waals surface area contributed by atoms with Crippen molar-refractivity contribution in [3.8, 4) is 0 Å². The van der Waals surface area contributed by atoms with Crippen LogP contribution in [0.2, 0.25) is 0 Å². The molecular formula is C19H24N2O3S. The fourth-order valence-electron chi connectivity index (χ4n) is 3.04. The third-order valence-corrected chi connectivity index (χ3v) is 6.49. The number of benzene rings is 2. The largest absolute Gasteiger partial charge is 0.389 e. The minimum atomic E-state index is -3.48. The van der Waals surface area contributed by atoms with Crippen molar-refractivity contribution in [3.05, 3.63) is 65.7 Å². The predicted molar refractivity (Wildman–Crippen MR) is 97.6 cm³/mol. The van der Waals surface area contributed by atoms with Crippen LogP contribution in [0.5, 0.6) is 0 Å². The van der Waals surface area contributed by atoms with E-state index in [1.165, 1.54) is 5.56 Å². The van der Waals surface area contributed by atoms with Crippen LogP contribution in [0.1, 0.15) is 24.2 Å². The van der Waals surface area contributed by atoms with E-state index in [1.807, 2.05) is 18.2 Å². The molecule has 1 unspecified atom stereocenters. The zero-order valence-electron chi connectivity index (χ0n) is 14.4. The molecule has 0 aromatic heterocycles. The Labute approximate surface area is 149 Å². The van der Waals surface area contributed by atoms with Gasteiger partial charge in [-0.1, -0.05) is 42.5 Å². The maximum absolute atomic E-state index is 12.8. The summed E-state index contributed by atoms with van der Waals surface area (Å²) < 4.78 is 27.1. The zero-order chi connectivity index (χ0) is 17.9. The number of aliphatic hydroxyl groups is 1. The Hall–Kier alpha value is -1.73. The van der Waals surface area contributed by atoms with Gasteiger partial charge in [0, 0.05) is 32.7 Å². The second-order valence-corrected chi connectivity index (χ2v) is 8.35. The average molecular weight is 360 g/mol. The normalized spacial score (nSPS) is 18.2. The molecule has 1 aliphatic rings. The lowest BCUT2D eigenvalue weighted by Crippen LogP contribution is -2.48. The fourth-order valence-corrected chi connectivity index (χ4v) is 4.46. The molecule has 1 aliphatic heterocycles. The molecule has 1 saturated heterocycles. The van der Waals surface area contributed by atoms with Crippen molar-refractivity contribution in [3.63, 3.8) is 0 Å². The van der Waals surface area contributed by atoms with Gasteiger partial charge in [0.25, 0.3) is 0 Å². The van der Waals surface area contributed by atoms with Crippen molar-refractivity contribution in [1.82, 2.24) is 9.21 Å². The molecule has 0 bridgehead atoms. The summed E-state index contributed by atoms with van der Waals surface area (Å²) in [6.07, 6.45) is -0.599. The minimum Gasteiger partial charge on any atom is -0.389 e. The minimum absolute atomic E-state index is 0.286. The molecule has 25 heavy (non-hydrogen) atoms. The predicted octanol–water partition coefficient (Wildman–Crippen LogP) is 2.25. The van der Waals surface area contributed by atoms with Gasteiger partial charge in [0.15, 0.2) is 0 Å². The van der Waals surface area contributed by atoms with Gasteiger partial charge < -0.3 is 5.11 Å². The van der Waals surface area contributed by atoms with E-state index in [0.717, 1.165) is 19.6 Å². The summed E-state index contributed by atoms with van der Waals surface area (Å²) in [5.74, 6) is 0. The van der Waals surface area contributed by atoms with Crippen LogP contribution in [-0.4, -0.2) is 48.9 Å². The summed E-state index contributed by atoms with van der Waals surface area (Å²) in [5.41, 5.74) is 1.96. The molecule has 1 atom stereocenters. The number of nitrogens with zero attached hydrogens (tertiary/aromatic N) is 2. The van der Waals surface area contributed by atoms with E-state index >= 15 is 0 Å². The highest BCUT2D eigenvalue weighted by Gasteiger charge is 2.28. The Morgan fingerprint density at radius 3 is 2.12 bits per heavy atom. The number of aliphatic hydroxyl groups excluding tert-OH is 1. The summed E-state index contributed by atoms with van der Waals surface area (Å²) in [6.45, 7) is 4.94. The second-order valence-electron chi connectivity index (χ2n) is 6.41. The van der Waals surface area contributed by atoms with Crippen molar-refractivity contribution in [2.45, 2.75) is 24.5 Å². The molecule has 0 radical (unpaired) electrons. The first-order chi connectivity index (χ1) is 12.0. The first kappa shape index (κ1) is 18.1. The standard InChI is InChI=1S/C19H24N2O3S/c1-16(22)18-7-9-19(10-8-18)25(23,24)21-13-11-20(12-14-21)15-17-5-3-2-4-6-17/h2-10,16,22H,11-15H2,1H3. The first-order valence-electron chi connectivity index (χ1n) is 8.51. The molecule has 0 aliphatic carbocycles. The maximum Gasteiger partial charge on any atom is 0.243 e. The summed E-state index contributed by atoms with van der Waals surface area (Å²) >= 11 is 0. The van der Waals surface area contributed by atoms with Gasteiger partial charge >= 0.3 is 0 Å². The number of hydrogen-bond donors (Lipinski definition) is 1. The molecule has 1 N–H and O–H groups in total. The molecule has 1 fully saturated rings. The van der Waals surface area contributed by atoms with Crippen LogP contribution in [0, 0.1) is 0 Å². The van der Waals surface area contributed by atoms with E-state index in [0.29, 0.717) is 18.7 Å². The summed E-state index contributed by atoms with van der Waals surface area (Å²) in [4.78, 5) is 2.56. The Morgan fingerprint density at radius 2 is 1.56 bits per heavy atom. The van der Waals surface area contributed by atoms with Crippen LogP contribution in [-0.2, 0) is 16.6 Å². The molecule has 134 valence electrons. The number of hydrogen-bond acceptors (Lipinski definition) is 4. The number of rotatable bonds is 5. The molecule has 0 saturated carbocycles. The van der Waals surface area contributed by atoms with E-state index in [1.54, 1.807) is 35.5 Å². The quantitative estimate of drug-likeness (QED) is 0.888. The highest BCUT2D eigenvalue weighted by molar-refractivity contribution is 7.89. The molecule has 1 heterocycles. The van der Waals surface area contributed by atoms with Crippen LogP contribution in [0.25, 0.3) is 0 Å². The lowest BCUT2D eigenvalue weighted by molar-refractivity contribution is 0.181. The van der Waals surface area contributed by atoms with Gasteiger partial charge in [-0.15, -0.1) is 0 Å². The van der Waals surface area contributed by atoms with Crippen molar-refractivity contribution in [2.75, 3.05) is 26.2 Å². The first-order valence-corrected chi connectivity index (χ1v) is 9.95. The smallest absolute Gasteiger partial charge is 0.243 e. The Balaban J connectivity index is 1.63. The van der Waals surface area contributed by atoms with Gasteiger partial charge in [0.05, 0.1) is 11.0 Å². The number of sulfonamides is 1. The monoisotopic (exact) mass is 360 g/mol. The van der Waals surface area contributed by atoms with E-state index < -0.39 is 16.1 Å². The molecule has 2 aromatic rings. The molecule has 6 heteroatoms. The molecule has 2 aromatic carbocycles. The van der Waals surface area contributed by atoms with Crippen LogP contribution >= 0.6 is 0 Å². The highest BCUT2D eigenvalue weighted by Crippen LogP contribution is 2.21.